The van der Waals surface area contributed by atoms with Gasteiger partial charge in [-0.3, -0.25) is 9.36 Å². The van der Waals surface area contributed by atoms with Crippen molar-refractivity contribution >= 4 is 29.4 Å². The quantitative estimate of drug-likeness (QED) is 0.265. The Bertz CT molecular complexity index is 1940. The molecule has 1 atom stereocenters. The average Bonchev–Trinajstić information content (AvgIpc) is 3.33. The van der Waals surface area contributed by atoms with Gasteiger partial charge in [-0.25, -0.2) is 14.6 Å². The first kappa shape index (κ1) is 30.3. The highest BCUT2D eigenvalue weighted by Gasteiger charge is 2.35. The van der Waals surface area contributed by atoms with Gasteiger partial charge in [-0.2, -0.15) is 0 Å². The molecule has 1 aliphatic heterocycles. The molecule has 1 N–H and O–H groups in total. The Labute approximate surface area is 256 Å². The molecule has 0 aliphatic carbocycles. The van der Waals surface area contributed by atoms with Crippen molar-refractivity contribution in [2.75, 3.05) is 20.8 Å². The van der Waals surface area contributed by atoms with E-state index in [0.29, 0.717) is 43.4 Å². The molecular weight excluding hydrogens is 584 g/mol. The second-order valence-electron chi connectivity index (χ2n) is 9.74. The van der Waals surface area contributed by atoms with Gasteiger partial charge in [0, 0.05) is 17.2 Å². The summed E-state index contributed by atoms with van der Waals surface area (Å²) in [6, 6.07) is 18.1. The number of methoxy groups -OCH3 is 2. The van der Waals surface area contributed by atoms with E-state index in [2.05, 4.69) is 4.99 Å². The largest absolute Gasteiger partial charge is 0.497 e. The molecule has 5 rings (SSSR count). The number of fused-ring (bicyclic) bond motifs is 1. The fraction of sp³-hybridized carbons (Fsp3) is 0.212. The van der Waals surface area contributed by atoms with Crippen molar-refractivity contribution in [3.63, 3.8) is 0 Å². The standard InChI is InChI=1S/C33H30N2O8S/c1-5-42-32(39)28-19(2)34-33-35(29(28)24-15-14-23(40-3)17-26(24)41-4)30(36)27(44-33)16-22-8-6-7-9-25(22)43-18-20-10-12-21(13-11-20)31(37)38/h6-17,29H,5,18H2,1-4H3,(H,37,38)/b27-16-/t29-/m1/s1. The van der Waals surface area contributed by atoms with Crippen molar-refractivity contribution in [1.82, 2.24) is 4.57 Å². The lowest BCUT2D eigenvalue weighted by molar-refractivity contribution is -0.139. The average molecular weight is 615 g/mol. The van der Waals surface area contributed by atoms with Crippen LogP contribution in [0.4, 0.5) is 0 Å². The monoisotopic (exact) mass is 614 g/mol. The van der Waals surface area contributed by atoms with E-state index in [0.717, 1.165) is 5.56 Å². The number of para-hydroxylation sites is 1. The van der Waals surface area contributed by atoms with Crippen LogP contribution in [0.3, 0.4) is 0 Å². The van der Waals surface area contributed by atoms with Crippen LogP contribution in [0.25, 0.3) is 6.08 Å². The molecule has 1 aromatic heterocycles. The highest BCUT2D eigenvalue weighted by molar-refractivity contribution is 7.07. The summed E-state index contributed by atoms with van der Waals surface area (Å²) >= 11 is 1.20. The van der Waals surface area contributed by atoms with Crippen LogP contribution in [0.1, 0.15) is 46.9 Å². The number of allylic oxidation sites excluding steroid dienone is 1. The lowest BCUT2D eigenvalue weighted by Crippen LogP contribution is -2.40. The number of nitrogens with zero attached hydrogens (tertiary/aromatic N) is 2. The van der Waals surface area contributed by atoms with E-state index in [-0.39, 0.29) is 29.9 Å². The fourth-order valence-corrected chi connectivity index (χ4v) is 5.94. The first-order chi connectivity index (χ1) is 21.2. The van der Waals surface area contributed by atoms with Gasteiger partial charge in [-0.15, -0.1) is 0 Å². The molecule has 10 nitrogen and oxygen atoms in total. The van der Waals surface area contributed by atoms with Gasteiger partial charge in [0.25, 0.3) is 5.56 Å². The normalized spacial score (nSPS) is 14.5. The van der Waals surface area contributed by atoms with Crippen LogP contribution in [0.5, 0.6) is 17.2 Å². The molecule has 0 amide bonds. The van der Waals surface area contributed by atoms with Gasteiger partial charge >= 0.3 is 11.9 Å². The Morgan fingerprint density at radius 2 is 1.77 bits per heavy atom. The minimum atomic E-state index is -0.999. The van der Waals surface area contributed by atoms with Gasteiger partial charge in [0.1, 0.15) is 29.9 Å². The van der Waals surface area contributed by atoms with Gasteiger partial charge < -0.3 is 24.1 Å². The summed E-state index contributed by atoms with van der Waals surface area (Å²) in [4.78, 5) is 43.6. The molecule has 0 saturated carbocycles. The zero-order valence-electron chi connectivity index (χ0n) is 24.5. The number of esters is 1. The third kappa shape index (κ3) is 6.00. The van der Waals surface area contributed by atoms with Gasteiger partial charge in [-0.1, -0.05) is 41.7 Å². The zero-order valence-corrected chi connectivity index (χ0v) is 25.3. The van der Waals surface area contributed by atoms with Crippen LogP contribution in [-0.2, 0) is 16.1 Å². The number of hydrogen-bond acceptors (Lipinski definition) is 9. The first-order valence-electron chi connectivity index (χ1n) is 13.7. The molecule has 0 bridgehead atoms. The number of carboxylic acids is 1. The Kier molecular flexibility index (Phi) is 8.96. The highest BCUT2D eigenvalue weighted by atomic mass is 32.1. The number of thiazole rings is 1. The smallest absolute Gasteiger partial charge is 0.338 e. The number of ether oxygens (including phenoxy) is 4. The van der Waals surface area contributed by atoms with E-state index < -0.39 is 18.0 Å². The number of carboxylic acid groups (broad SMARTS) is 1. The van der Waals surface area contributed by atoms with E-state index in [1.54, 1.807) is 63.4 Å². The molecule has 0 spiro atoms. The van der Waals surface area contributed by atoms with E-state index in [4.69, 9.17) is 24.1 Å². The Hall–Kier alpha value is -5.16. The van der Waals surface area contributed by atoms with Crippen LogP contribution in [-0.4, -0.2) is 42.4 Å². The summed E-state index contributed by atoms with van der Waals surface area (Å²) in [7, 11) is 3.06. The lowest BCUT2D eigenvalue weighted by Gasteiger charge is -2.26. The first-order valence-corrected chi connectivity index (χ1v) is 14.5. The molecule has 0 radical (unpaired) electrons. The summed E-state index contributed by atoms with van der Waals surface area (Å²) < 4.78 is 24.4. The predicted octanol–water partition coefficient (Wildman–Crippen LogP) is 4.09. The summed E-state index contributed by atoms with van der Waals surface area (Å²) in [6.07, 6.45) is 1.73. The molecule has 3 aromatic carbocycles. The van der Waals surface area contributed by atoms with Crippen molar-refractivity contribution in [2.45, 2.75) is 26.5 Å². The number of hydrogen-bond donors (Lipinski definition) is 1. The molecular formula is C33H30N2O8S. The van der Waals surface area contributed by atoms with Crippen LogP contribution in [0.2, 0.25) is 0 Å². The predicted molar refractivity (Wildman–Crippen MR) is 164 cm³/mol. The fourth-order valence-electron chi connectivity index (χ4n) is 4.91. The summed E-state index contributed by atoms with van der Waals surface area (Å²) in [5.74, 6) is -0.0265. The molecule has 4 aromatic rings. The van der Waals surface area contributed by atoms with Gasteiger partial charge in [0.05, 0.1) is 42.2 Å². The summed E-state index contributed by atoms with van der Waals surface area (Å²) in [5.41, 5.74) is 2.57. The maximum absolute atomic E-state index is 14.1. The number of benzene rings is 3. The Morgan fingerprint density at radius 3 is 2.45 bits per heavy atom. The van der Waals surface area contributed by atoms with E-state index in [1.807, 2.05) is 18.2 Å². The maximum atomic E-state index is 14.1. The van der Waals surface area contributed by atoms with Crippen molar-refractivity contribution in [1.29, 1.82) is 0 Å². The van der Waals surface area contributed by atoms with Crippen molar-refractivity contribution in [3.05, 3.63) is 120 Å². The molecule has 0 unspecified atom stereocenters. The number of carbonyl (C=O) groups excluding carboxylic acids is 1. The van der Waals surface area contributed by atoms with Crippen molar-refractivity contribution in [3.8, 4) is 17.2 Å². The minimum absolute atomic E-state index is 0.160. The molecule has 0 saturated heterocycles. The van der Waals surface area contributed by atoms with E-state index >= 15 is 0 Å². The number of aromatic carboxylic acids is 1. The third-order valence-electron chi connectivity index (χ3n) is 7.05. The Balaban J connectivity index is 1.59. The SMILES string of the molecule is CCOC(=O)C1=C(C)N=c2s/c(=C\c3ccccc3OCc3ccc(C(=O)O)cc3)c(=O)n2[C@@H]1c1ccc(OC)cc1OC. The van der Waals surface area contributed by atoms with E-state index in [9.17, 15) is 14.4 Å². The van der Waals surface area contributed by atoms with Gasteiger partial charge in [0.15, 0.2) is 4.80 Å². The molecule has 11 heteroatoms. The zero-order chi connectivity index (χ0) is 31.4. The summed E-state index contributed by atoms with van der Waals surface area (Å²) in [5, 5.41) is 9.15. The topological polar surface area (TPSA) is 126 Å². The minimum Gasteiger partial charge on any atom is -0.497 e. The molecule has 226 valence electrons. The third-order valence-corrected chi connectivity index (χ3v) is 8.04. The maximum Gasteiger partial charge on any atom is 0.338 e. The van der Waals surface area contributed by atoms with Gasteiger partial charge in [-0.05, 0) is 55.8 Å². The lowest BCUT2D eigenvalue weighted by atomic mass is 9.95. The van der Waals surface area contributed by atoms with Gasteiger partial charge in [0.2, 0.25) is 0 Å². The van der Waals surface area contributed by atoms with Crippen LogP contribution < -0.4 is 29.1 Å². The molecule has 2 heterocycles. The second kappa shape index (κ2) is 13.0. The number of rotatable bonds is 10. The van der Waals surface area contributed by atoms with Crippen molar-refractivity contribution < 1.29 is 33.6 Å². The molecule has 44 heavy (non-hydrogen) atoms. The Morgan fingerprint density at radius 1 is 1.02 bits per heavy atom. The van der Waals surface area contributed by atoms with Crippen LogP contribution >= 0.6 is 11.3 Å². The van der Waals surface area contributed by atoms with Crippen LogP contribution in [0, 0.1) is 0 Å². The molecule has 1 aliphatic rings. The van der Waals surface area contributed by atoms with Crippen LogP contribution in [0.15, 0.2) is 87.8 Å². The molecule has 0 fully saturated rings. The second-order valence-corrected chi connectivity index (χ2v) is 10.7. The highest BCUT2D eigenvalue weighted by Crippen LogP contribution is 2.37. The number of aromatic nitrogens is 1. The van der Waals surface area contributed by atoms with E-state index in [1.165, 1.54) is 35.1 Å². The summed E-state index contributed by atoms with van der Waals surface area (Å²) in [6.45, 7) is 3.80. The van der Waals surface area contributed by atoms with Crippen molar-refractivity contribution in [2.24, 2.45) is 4.99 Å². The number of carbonyl (C=O) groups is 2.